The molecule has 1 aromatic carbocycles. The van der Waals surface area contributed by atoms with Crippen molar-refractivity contribution in [2.45, 2.75) is 11.8 Å². The number of aromatic nitrogens is 2. The van der Waals surface area contributed by atoms with Gasteiger partial charge in [0.25, 0.3) is 0 Å². The topological polar surface area (TPSA) is 78.0 Å². The molecule has 0 unspecified atom stereocenters. The summed E-state index contributed by atoms with van der Waals surface area (Å²) < 4.78 is 24.9. The molecule has 5 nitrogen and oxygen atoms in total. The van der Waals surface area contributed by atoms with Crippen molar-refractivity contribution >= 4 is 15.7 Å². The van der Waals surface area contributed by atoms with Crippen LogP contribution in [0.25, 0.3) is 11.1 Å². The van der Waals surface area contributed by atoms with Gasteiger partial charge < -0.3 is 5.73 Å². The Labute approximate surface area is 106 Å². The van der Waals surface area contributed by atoms with Crippen LogP contribution < -0.4 is 5.73 Å². The first kappa shape index (κ1) is 12.6. The average Bonchev–Trinajstić information content (AvgIpc) is 2.59. The minimum absolute atomic E-state index is 0.322. The Morgan fingerprint density at radius 3 is 2.50 bits per heavy atom. The van der Waals surface area contributed by atoms with Crippen LogP contribution in [0, 0.1) is 6.92 Å². The number of anilines is 1. The summed E-state index contributed by atoms with van der Waals surface area (Å²) in [5, 5.41) is 4.05. The molecule has 0 atom stereocenters. The van der Waals surface area contributed by atoms with E-state index in [0.29, 0.717) is 10.7 Å². The molecule has 0 aliphatic rings. The van der Waals surface area contributed by atoms with Crippen molar-refractivity contribution in [2.24, 2.45) is 7.05 Å². The molecule has 2 aromatic rings. The molecule has 1 aromatic heterocycles. The molecule has 1 heterocycles. The maximum absolute atomic E-state index is 11.7. The first-order valence-electron chi connectivity index (χ1n) is 5.39. The molecule has 0 saturated heterocycles. The zero-order chi connectivity index (χ0) is 13.5. The standard InChI is InChI=1S/C12H15N3O2S/c1-8-4-5-9(6-11(8)18(3,16)17)10-7-14-15(2)12(10)13/h4-7H,13H2,1-3H3. The summed E-state index contributed by atoms with van der Waals surface area (Å²) in [6.07, 6.45) is 2.83. The van der Waals surface area contributed by atoms with Gasteiger partial charge in [-0.25, -0.2) is 8.42 Å². The Bertz CT molecular complexity index is 702. The largest absolute Gasteiger partial charge is 0.383 e. The van der Waals surface area contributed by atoms with Crippen LogP contribution in [0.1, 0.15) is 5.56 Å². The van der Waals surface area contributed by atoms with E-state index >= 15 is 0 Å². The zero-order valence-electron chi connectivity index (χ0n) is 10.5. The maximum Gasteiger partial charge on any atom is 0.175 e. The van der Waals surface area contributed by atoms with Crippen molar-refractivity contribution in [1.29, 1.82) is 0 Å². The van der Waals surface area contributed by atoms with Crippen LogP contribution in [0.2, 0.25) is 0 Å². The van der Waals surface area contributed by atoms with Gasteiger partial charge in [0.1, 0.15) is 5.82 Å². The third-order valence-electron chi connectivity index (χ3n) is 2.88. The van der Waals surface area contributed by atoms with Gasteiger partial charge in [-0.2, -0.15) is 5.10 Å². The lowest BCUT2D eigenvalue weighted by Crippen LogP contribution is -2.01. The quantitative estimate of drug-likeness (QED) is 0.889. The van der Waals surface area contributed by atoms with Crippen molar-refractivity contribution in [3.05, 3.63) is 30.0 Å². The van der Waals surface area contributed by atoms with Gasteiger partial charge >= 0.3 is 0 Å². The van der Waals surface area contributed by atoms with Crippen LogP contribution in [0.3, 0.4) is 0 Å². The molecule has 6 heteroatoms. The van der Waals surface area contributed by atoms with Crippen molar-refractivity contribution in [2.75, 3.05) is 12.0 Å². The zero-order valence-corrected chi connectivity index (χ0v) is 11.3. The summed E-state index contributed by atoms with van der Waals surface area (Å²) in [6.45, 7) is 1.77. The highest BCUT2D eigenvalue weighted by atomic mass is 32.2. The number of hydrogen-bond donors (Lipinski definition) is 1. The number of rotatable bonds is 2. The summed E-state index contributed by atoms with van der Waals surface area (Å²) in [5.74, 6) is 0.512. The molecule has 2 N–H and O–H groups in total. The second-order valence-electron chi connectivity index (χ2n) is 4.32. The lowest BCUT2D eigenvalue weighted by molar-refractivity contribution is 0.601. The molecular weight excluding hydrogens is 250 g/mol. The van der Waals surface area contributed by atoms with Crippen LogP contribution in [0.5, 0.6) is 0 Å². The lowest BCUT2D eigenvalue weighted by Gasteiger charge is -2.07. The first-order valence-corrected chi connectivity index (χ1v) is 7.28. The average molecular weight is 265 g/mol. The van der Waals surface area contributed by atoms with Gasteiger partial charge in [-0.1, -0.05) is 12.1 Å². The lowest BCUT2D eigenvalue weighted by atomic mass is 10.1. The van der Waals surface area contributed by atoms with Crippen LogP contribution in [0.4, 0.5) is 5.82 Å². The van der Waals surface area contributed by atoms with Gasteiger partial charge in [0, 0.05) is 18.9 Å². The summed E-state index contributed by atoms with van der Waals surface area (Å²) in [5.41, 5.74) is 8.10. The van der Waals surface area contributed by atoms with Crippen molar-refractivity contribution in [1.82, 2.24) is 9.78 Å². The van der Waals surface area contributed by atoms with Gasteiger partial charge in [-0.05, 0) is 24.1 Å². The summed E-state index contributed by atoms with van der Waals surface area (Å²) >= 11 is 0. The molecule has 0 aliphatic heterocycles. The third kappa shape index (κ3) is 2.11. The molecule has 96 valence electrons. The van der Waals surface area contributed by atoms with Crippen molar-refractivity contribution in [3.63, 3.8) is 0 Å². The molecule has 0 amide bonds. The molecule has 0 spiro atoms. The molecule has 2 rings (SSSR count). The number of aryl methyl sites for hydroxylation is 2. The Balaban J connectivity index is 2.65. The molecule has 0 fully saturated rings. The van der Waals surface area contributed by atoms with E-state index < -0.39 is 9.84 Å². The van der Waals surface area contributed by atoms with E-state index in [9.17, 15) is 8.42 Å². The van der Waals surface area contributed by atoms with E-state index in [-0.39, 0.29) is 0 Å². The fourth-order valence-electron chi connectivity index (χ4n) is 1.84. The van der Waals surface area contributed by atoms with Gasteiger partial charge in [0.05, 0.1) is 11.1 Å². The van der Waals surface area contributed by atoms with Crippen LogP contribution in [0.15, 0.2) is 29.3 Å². The van der Waals surface area contributed by atoms with Crippen molar-refractivity contribution in [3.8, 4) is 11.1 Å². The highest BCUT2D eigenvalue weighted by Gasteiger charge is 2.14. The van der Waals surface area contributed by atoms with Crippen molar-refractivity contribution < 1.29 is 8.42 Å². The van der Waals surface area contributed by atoms with Crippen LogP contribution in [-0.2, 0) is 16.9 Å². The number of hydrogen-bond acceptors (Lipinski definition) is 4. The molecule has 18 heavy (non-hydrogen) atoms. The fourth-order valence-corrected chi connectivity index (χ4v) is 2.83. The second-order valence-corrected chi connectivity index (χ2v) is 6.30. The number of nitrogens with two attached hydrogens (primary N) is 1. The van der Waals surface area contributed by atoms with E-state index in [1.807, 2.05) is 6.07 Å². The number of sulfone groups is 1. The fraction of sp³-hybridized carbons (Fsp3) is 0.250. The second kappa shape index (κ2) is 4.13. The molecule has 0 bridgehead atoms. The number of nitrogen functional groups attached to an aromatic ring is 1. The SMILES string of the molecule is Cc1ccc(-c2cnn(C)c2N)cc1S(C)(=O)=O. The summed E-state index contributed by atoms with van der Waals surface area (Å²) in [6, 6.07) is 5.26. The Kier molecular flexibility index (Phi) is 2.90. The molecular formula is C12H15N3O2S. The Morgan fingerprint density at radius 2 is 2.00 bits per heavy atom. The van der Waals surface area contributed by atoms with Gasteiger partial charge in [0.2, 0.25) is 0 Å². The Hall–Kier alpha value is -1.82. The Morgan fingerprint density at radius 1 is 1.33 bits per heavy atom. The normalized spacial score (nSPS) is 11.7. The predicted molar refractivity (Wildman–Crippen MR) is 70.9 cm³/mol. The number of benzene rings is 1. The van der Waals surface area contributed by atoms with Crippen LogP contribution >= 0.6 is 0 Å². The highest BCUT2D eigenvalue weighted by Crippen LogP contribution is 2.28. The van der Waals surface area contributed by atoms with E-state index in [1.165, 1.54) is 6.26 Å². The highest BCUT2D eigenvalue weighted by molar-refractivity contribution is 7.90. The van der Waals surface area contributed by atoms with Gasteiger partial charge in [0.15, 0.2) is 9.84 Å². The predicted octanol–water partition coefficient (Wildman–Crippen LogP) is 1.38. The molecule has 0 saturated carbocycles. The summed E-state index contributed by atoms with van der Waals surface area (Å²) in [7, 11) is -1.50. The van der Waals surface area contributed by atoms with Crippen LogP contribution in [-0.4, -0.2) is 24.5 Å². The minimum atomic E-state index is -3.24. The van der Waals surface area contributed by atoms with Gasteiger partial charge in [-0.3, -0.25) is 4.68 Å². The summed E-state index contributed by atoms with van der Waals surface area (Å²) in [4.78, 5) is 0.322. The molecule has 0 radical (unpaired) electrons. The maximum atomic E-state index is 11.7. The van der Waals surface area contributed by atoms with E-state index in [2.05, 4.69) is 5.10 Å². The van der Waals surface area contributed by atoms with E-state index in [1.54, 1.807) is 37.0 Å². The van der Waals surface area contributed by atoms with E-state index in [4.69, 9.17) is 5.73 Å². The molecule has 0 aliphatic carbocycles. The first-order chi connectivity index (χ1) is 8.30. The third-order valence-corrected chi connectivity index (χ3v) is 4.12. The smallest absolute Gasteiger partial charge is 0.175 e. The van der Waals surface area contributed by atoms with E-state index in [0.717, 1.165) is 16.7 Å². The monoisotopic (exact) mass is 265 g/mol. The minimum Gasteiger partial charge on any atom is -0.383 e. The number of nitrogens with zero attached hydrogens (tertiary/aromatic N) is 2. The van der Waals surface area contributed by atoms with Gasteiger partial charge in [-0.15, -0.1) is 0 Å².